The van der Waals surface area contributed by atoms with E-state index >= 15 is 0 Å². The SMILES string of the molecule is CCCCOc1ccccc1CN1C(=O)[C@@]2(SC(NC(C)=O)=NN2C(C)=O)c2cc(C)cc(C)c21. The summed E-state index contributed by atoms with van der Waals surface area (Å²) in [5.41, 5.74) is 4.21. The largest absolute Gasteiger partial charge is 0.493 e. The van der Waals surface area contributed by atoms with Crippen LogP contribution >= 0.6 is 11.8 Å². The summed E-state index contributed by atoms with van der Waals surface area (Å²) in [5.74, 6) is -0.257. The average molecular weight is 495 g/mol. The van der Waals surface area contributed by atoms with Gasteiger partial charge in [-0.2, -0.15) is 5.01 Å². The number of thioether (sulfide) groups is 1. The van der Waals surface area contributed by atoms with E-state index in [0.717, 1.165) is 52.7 Å². The molecule has 2 aliphatic rings. The minimum atomic E-state index is -1.42. The molecule has 1 spiro atoms. The van der Waals surface area contributed by atoms with Crippen LogP contribution in [0.3, 0.4) is 0 Å². The van der Waals surface area contributed by atoms with E-state index in [1.165, 1.54) is 18.9 Å². The number of rotatable bonds is 6. The summed E-state index contributed by atoms with van der Waals surface area (Å²) in [6.07, 6.45) is 1.96. The van der Waals surface area contributed by atoms with E-state index in [9.17, 15) is 14.4 Å². The normalized spacial score (nSPS) is 18.7. The monoisotopic (exact) mass is 494 g/mol. The Labute approximate surface area is 209 Å². The topological polar surface area (TPSA) is 91.3 Å². The summed E-state index contributed by atoms with van der Waals surface area (Å²) in [6.45, 7) is 9.64. The average Bonchev–Trinajstić information content (AvgIpc) is 3.27. The third-order valence-electron chi connectivity index (χ3n) is 5.99. The summed E-state index contributed by atoms with van der Waals surface area (Å²) >= 11 is 1.09. The molecule has 184 valence electrons. The van der Waals surface area contributed by atoms with Crippen LogP contribution < -0.4 is 15.0 Å². The van der Waals surface area contributed by atoms with Crippen LogP contribution in [0.15, 0.2) is 41.5 Å². The molecule has 4 rings (SSSR count). The molecule has 0 saturated heterocycles. The van der Waals surface area contributed by atoms with Gasteiger partial charge in [-0.25, -0.2) is 0 Å². The molecule has 0 aromatic heterocycles. The Morgan fingerprint density at radius 1 is 1.17 bits per heavy atom. The molecule has 2 aromatic carbocycles. The Hall–Kier alpha value is -3.33. The predicted molar refractivity (Wildman–Crippen MR) is 137 cm³/mol. The number of carbonyl (C=O) groups is 3. The first-order valence-electron chi connectivity index (χ1n) is 11.7. The highest BCUT2D eigenvalue weighted by atomic mass is 32.2. The fraction of sp³-hybridized carbons (Fsp3) is 0.385. The number of benzene rings is 2. The summed E-state index contributed by atoms with van der Waals surface area (Å²) in [7, 11) is 0. The third-order valence-corrected chi connectivity index (χ3v) is 7.23. The standard InChI is InChI=1S/C26H30N4O4S/c1-6-7-12-34-22-11-9-8-10-20(22)15-29-23-17(3)13-16(2)14-21(23)26(24(29)33)30(19(5)32)28-25(35-26)27-18(4)31/h8-11,13-14H,6-7,12,15H2,1-5H3,(H,27,28,31)/t26-/m0/s1. The van der Waals surface area contributed by atoms with Gasteiger partial charge < -0.3 is 15.0 Å². The van der Waals surface area contributed by atoms with Gasteiger partial charge in [-0.3, -0.25) is 14.4 Å². The maximum absolute atomic E-state index is 14.3. The molecule has 2 heterocycles. The minimum Gasteiger partial charge on any atom is -0.493 e. The Bertz CT molecular complexity index is 1230. The highest BCUT2D eigenvalue weighted by molar-refractivity contribution is 8.15. The quantitative estimate of drug-likeness (QED) is 0.608. The summed E-state index contributed by atoms with van der Waals surface area (Å²) < 4.78 is 6.02. The number of aryl methyl sites for hydroxylation is 2. The van der Waals surface area contributed by atoms with Crippen molar-refractivity contribution < 1.29 is 19.1 Å². The number of carbonyl (C=O) groups excluding carboxylic acids is 3. The Balaban J connectivity index is 1.80. The van der Waals surface area contributed by atoms with Gasteiger partial charge in [-0.1, -0.05) is 49.2 Å². The lowest BCUT2D eigenvalue weighted by Gasteiger charge is -2.29. The van der Waals surface area contributed by atoms with Gasteiger partial charge in [0.2, 0.25) is 16.7 Å². The summed E-state index contributed by atoms with van der Waals surface area (Å²) in [6, 6.07) is 11.7. The molecule has 0 bridgehead atoms. The molecule has 0 radical (unpaired) electrons. The Morgan fingerprint density at radius 2 is 1.91 bits per heavy atom. The van der Waals surface area contributed by atoms with Crippen LogP contribution in [0, 0.1) is 13.8 Å². The molecular formula is C26H30N4O4S. The molecule has 0 unspecified atom stereocenters. The number of unbranched alkanes of at least 4 members (excludes halogenated alkanes) is 1. The van der Waals surface area contributed by atoms with Crippen molar-refractivity contribution in [2.75, 3.05) is 11.5 Å². The zero-order chi connectivity index (χ0) is 25.3. The molecular weight excluding hydrogens is 464 g/mol. The number of amides is 3. The number of para-hydroxylation sites is 1. The van der Waals surface area contributed by atoms with E-state index in [1.807, 2.05) is 50.2 Å². The number of ether oxygens (including phenoxy) is 1. The second-order valence-electron chi connectivity index (χ2n) is 8.84. The Kier molecular flexibility index (Phi) is 6.89. The number of hydrogen-bond acceptors (Lipinski definition) is 6. The van der Waals surface area contributed by atoms with Crippen molar-refractivity contribution in [3.63, 3.8) is 0 Å². The number of anilines is 1. The molecule has 0 aliphatic carbocycles. The van der Waals surface area contributed by atoms with Gasteiger partial charge in [0.15, 0.2) is 5.17 Å². The van der Waals surface area contributed by atoms with E-state index in [1.54, 1.807) is 4.90 Å². The van der Waals surface area contributed by atoms with Gasteiger partial charge in [0.1, 0.15) is 5.75 Å². The van der Waals surface area contributed by atoms with Crippen molar-refractivity contribution in [2.45, 2.75) is 58.9 Å². The number of nitrogens with one attached hydrogen (secondary N) is 1. The molecule has 3 amide bonds. The fourth-order valence-electron chi connectivity index (χ4n) is 4.56. The van der Waals surface area contributed by atoms with Crippen LogP contribution in [0.1, 0.15) is 55.9 Å². The van der Waals surface area contributed by atoms with Crippen LogP contribution in [0.5, 0.6) is 5.75 Å². The van der Waals surface area contributed by atoms with Gasteiger partial charge in [-0.15, -0.1) is 5.10 Å². The number of fused-ring (bicyclic) bond motifs is 2. The molecule has 35 heavy (non-hydrogen) atoms. The van der Waals surface area contributed by atoms with Crippen molar-refractivity contribution in [1.29, 1.82) is 0 Å². The van der Waals surface area contributed by atoms with E-state index in [4.69, 9.17) is 4.74 Å². The van der Waals surface area contributed by atoms with Crippen LogP contribution in [0.25, 0.3) is 0 Å². The smallest absolute Gasteiger partial charge is 0.271 e. The van der Waals surface area contributed by atoms with E-state index < -0.39 is 4.87 Å². The van der Waals surface area contributed by atoms with E-state index in [2.05, 4.69) is 17.3 Å². The van der Waals surface area contributed by atoms with Crippen LogP contribution in [-0.2, 0) is 25.8 Å². The first-order valence-corrected chi connectivity index (χ1v) is 12.5. The number of nitrogens with zero attached hydrogens (tertiary/aromatic N) is 3. The first-order chi connectivity index (χ1) is 16.7. The van der Waals surface area contributed by atoms with Crippen molar-refractivity contribution in [2.24, 2.45) is 5.10 Å². The van der Waals surface area contributed by atoms with Crippen molar-refractivity contribution in [3.8, 4) is 5.75 Å². The van der Waals surface area contributed by atoms with E-state index in [-0.39, 0.29) is 29.4 Å². The minimum absolute atomic E-state index is 0.219. The maximum atomic E-state index is 14.3. The Morgan fingerprint density at radius 3 is 2.60 bits per heavy atom. The van der Waals surface area contributed by atoms with Gasteiger partial charge in [0.25, 0.3) is 5.91 Å². The van der Waals surface area contributed by atoms with E-state index in [0.29, 0.717) is 12.2 Å². The van der Waals surface area contributed by atoms with Crippen LogP contribution in [0.4, 0.5) is 5.69 Å². The molecule has 8 nitrogen and oxygen atoms in total. The zero-order valence-corrected chi connectivity index (χ0v) is 21.5. The summed E-state index contributed by atoms with van der Waals surface area (Å²) in [5, 5.41) is 8.41. The molecule has 2 aromatic rings. The van der Waals surface area contributed by atoms with Gasteiger partial charge >= 0.3 is 0 Å². The second-order valence-corrected chi connectivity index (χ2v) is 10.0. The van der Waals surface area contributed by atoms with Crippen LogP contribution in [0.2, 0.25) is 0 Å². The zero-order valence-electron chi connectivity index (χ0n) is 20.7. The highest BCUT2D eigenvalue weighted by Crippen LogP contribution is 2.56. The lowest BCUT2D eigenvalue weighted by atomic mass is 10.0. The van der Waals surface area contributed by atoms with Crippen molar-refractivity contribution >= 4 is 40.3 Å². The van der Waals surface area contributed by atoms with Gasteiger partial charge in [0.05, 0.1) is 18.8 Å². The highest BCUT2D eigenvalue weighted by Gasteiger charge is 2.61. The molecule has 1 atom stereocenters. The van der Waals surface area contributed by atoms with Crippen molar-refractivity contribution in [1.82, 2.24) is 10.3 Å². The maximum Gasteiger partial charge on any atom is 0.271 e. The summed E-state index contributed by atoms with van der Waals surface area (Å²) in [4.78, 5) is 39.0. The predicted octanol–water partition coefficient (Wildman–Crippen LogP) is 4.18. The molecule has 9 heteroatoms. The third kappa shape index (κ3) is 4.40. The van der Waals surface area contributed by atoms with Gasteiger partial charge in [0, 0.05) is 25.0 Å². The molecule has 0 saturated carbocycles. The molecule has 1 N–H and O–H groups in total. The molecule has 2 aliphatic heterocycles. The second kappa shape index (κ2) is 9.73. The number of amidine groups is 1. The fourth-order valence-corrected chi connectivity index (χ4v) is 5.88. The van der Waals surface area contributed by atoms with Gasteiger partial charge in [-0.05, 0) is 43.7 Å². The van der Waals surface area contributed by atoms with Crippen LogP contribution in [-0.4, -0.2) is 34.5 Å². The van der Waals surface area contributed by atoms with Crippen molar-refractivity contribution in [3.05, 3.63) is 58.7 Å². The number of hydrogen-bond donors (Lipinski definition) is 1. The lowest BCUT2D eigenvalue weighted by Crippen LogP contribution is -2.48. The molecule has 0 fully saturated rings. The lowest BCUT2D eigenvalue weighted by molar-refractivity contribution is -0.139. The first kappa shape index (κ1) is 24.8. The number of hydrazone groups is 1.